The van der Waals surface area contributed by atoms with E-state index < -0.39 is 17.7 Å². The van der Waals surface area contributed by atoms with Crippen LogP contribution in [0.25, 0.3) is 0 Å². The van der Waals surface area contributed by atoms with E-state index >= 15 is 4.39 Å². The van der Waals surface area contributed by atoms with Crippen molar-refractivity contribution in [1.29, 1.82) is 0 Å². The third-order valence-electron chi connectivity index (χ3n) is 6.30. The van der Waals surface area contributed by atoms with Gasteiger partial charge in [-0.15, -0.1) is 0 Å². The molecule has 0 radical (unpaired) electrons. The lowest BCUT2D eigenvalue weighted by Crippen LogP contribution is -2.52. The summed E-state index contributed by atoms with van der Waals surface area (Å²) in [5.74, 6) is -0.511. The molecule has 1 aliphatic carbocycles. The van der Waals surface area contributed by atoms with Crippen molar-refractivity contribution in [3.8, 4) is 0 Å². The number of carbonyl (C=O) groups is 1. The molecular weight excluding hydrogens is 379 g/mol. The SMILES string of the molecule is CCC1CC(F)(C2c3ccc(Cl)cc3CCc3cccnc32)CCN1C(=O)O. The number of piperidine rings is 1. The Bertz CT molecular complexity index is 906. The first kappa shape index (κ1) is 19.2. The Morgan fingerprint density at radius 2 is 2.14 bits per heavy atom. The first-order valence-electron chi connectivity index (χ1n) is 9.83. The second-order valence-corrected chi connectivity index (χ2v) is 8.29. The Labute approximate surface area is 169 Å². The summed E-state index contributed by atoms with van der Waals surface area (Å²) in [7, 11) is 0. The minimum Gasteiger partial charge on any atom is -0.465 e. The molecule has 28 heavy (non-hydrogen) atoms. The van der Waals surface area contributed by atoms with E-state index in [1.807, 2.05) is 37.3 Å². The van der Waals surface area contributed by atoms with Gasteiger partial charge in [0.25, 0.3) is 0 Å². The van der Waals surface area contributed by atoms with Crippen molar-refractivity contribution in [1.82, 2.24) is 9.88 Å². The van der Waals surface area contributed by atoms with Crippen LogP contribution in [0.1, 0.15) is 54.5 Å². The first-order chi connectivity index (χ1) is 13.4. The van der Waals surface area contributed by atoms with Gasteiger partial charge in [0.1, 0.15) is 5.67 Å². The number of hydrogen-bond donors (Lipinski definition) is 1. The van der Waals surface area contributed by atoms with E-state index in [-0.39, 0.29) is 25.4 Å². The molecule has 3 atom stereocenters. The van der Waals surface area contributed by atoms with Gasteiger partial charge in [-0.25, -0.2) is 9.18 Å². The monoisotopic (exact) mass is 402 g/mol. The molecule has 2 aromatic rings. The molecule has 4 rings (SSSR count). The predicted octanol–water partition coefficient (Wildman–Crippen LogP) is 5.23. The fourth-order valence-corrected chi connectivity index (χ4v) is 5.10. The standard InChI is InChI=1S/C22H24ClFN2O2/c1-2-17-13-22(24,9-11-26(17)21(27)28)19-18-8-7-16(23)12-15(18)6-5-14-4-3-10-25-20(14)19/h3-4,7-8,10,12,17,19H,2,5-6,9,11,13H2,1H3,(H,27,28). The Balaban J connectivity index is 1.83. The Morgan fingerprint density at radius 3 is 2.89 bits per heavy atom. The number of aromatic nitrogens is 1. The summed E-state index contributed by atoms with van der Waals surface area (Å²) in [4.78, 5) is 17.6. The van der Waals surface area contributed by atoms with Crippen LogP contribution in [0.3, 0.4) is 0 Å². The van der Waals surface area contributed by atoms with E-state index in [0.29, 0.717) is 11.4 Å². The fraction of sp³-hybridized carbons (Fsp3) is 0.455. The van der Waals surface area contributed by atoms with Gasteiger partial charge < -0.3 is 10.0 Å². The number of halogens is 2. The second kappa shape index (κ2) is 7.36. The highest BCUT2D eigenvalue weighted by atomic mass is 35.5. The first-order valence-corrected chi connectivity index (χ1v) is 10.2. The Morgan fingerprint density at radius 1 is 1.36 bits per heavy atom. The molecule has 6 heteroatoms. The molecule has 0 spiro atoms. The summed E-state index contributed by atoms with van der Waals surface area (Å²) in [6.45, 7) is 2.12. The highest BCUT2D eigenvalue weighted by Gasteiger charge is 2.49. The number of nitrogens with zero attached hydrogens (tertiary/aromatic N) is 2. The topological polar surface area (TPSA) is 53.4 Å². The Hall–Kier alpha value is -2.14. The fourth-order valence-electron chi connectivity index (χ4n) is 4.91. The predicted molar refractivity (Wildman–Crippen MR) is 107 cm³/mol. The van der Waals surface area contributed by atoms with Crippen molar-refractivity contribution in [2.24, 2.45) is 0 Å². The molecule has 1 saturated heterocycles. The maximum Gasteiger partial charge on any atom is 0.407 e. The number of rotatable bonds is 2. The smallest absolute Gasteiger partial charge is 0.407 e. The molecule has 148 valence electrons. The number of amides is 1. The highest BCUT2D eigenvalue weighted by molar-refractivity contribution is 6.30. The lowest BCUT2D eigenvalue weighted by Gasteiger charge is -2.45. The largest absolute Gasteiger partial charge is 0.465 e. The number of aryl methyl sites for hydroxylation is 2. The maximum atomic E-state index is 16.7. The molecule has 1 aliphatic heterocycles. The summed E-state index contributed by atoms with van der Waals surface area (Å²) in [5, 5.41) is 10.1. The van der Waals surface area contributed by atoms with Crippen LogP contribution in [-0.4, -0.2) is 39.3 Å². The number of pyridine rings is 1. The molecule has 1 amide bonds. The van der Waals surface area contributed by atoms with Gasteiger partial charge in [-0.3, -0.25) is 4.98 Å². The number of fused-ring (bicyclic) bond motifs is 2. The van der Waals surface area contributed by atoms with E-state index in [9.17, 15) is 9.90 Å². The minimum atomic E-state index is -1.55. The molecule has 1 aromatic heterocycles. The lowest BCUT2D eigenvalue weighted by molar-refractivity contribution is 0.0103. The van der Waals surface area contributed by atoms with Gasteiger partial charge >= 0.3 is 6.09 Å². The van der Waals surface area contributed by atoms with Gasteiger partial charge in [0.15, 0.2) is 0 Å². The third kappa shape index (κ3) is 3.26. The number of benzene rings is 1. The van der Waals surface area contributed by atoms with Crippen LogP contribution in [0.2, 0.25) is 5.02 Å². The number of hydrogen-bond acceptors (Lipinski definition) is 2. The van der Waals surface area contributed by atoms with E-state index in [4.69, 9.17) is 11.6 Å². The van der Waals surface area contributed by atoms with Crippen molar-refractivity contribution in [2.75, 3.05) is 6.54 Å². The van der Waals surface area contributed by atoms with Crippen molar-refractivity contribution < 1.29 is 14.3 Å². The normalized spacial score (nSPS) is 26.9. The van der Waals surface area contributed by atoms with Gasteiger partial charge in [0, 0.05) is 36.6 Å². The van der Waals surface area contributed by atoms with Crippen molar-refractivity contribution in [3.05, 3.63) is 63.9 Å². The average molecular weight is 403 g/mol. The molecular formula is C22H24ClFN2O2. The number of alkyl halides is 1. The van der Waals surface area contributed by atoms with Crippen LogP contribution in [0, 0.1) is 0 Å². The molecule has 3 unspecified atom stereocenters. The van der Waals surface area contributed by atoms with Gasteiger partial charge in [-0.05, 0) is 54.2 Å². The van der Waals surface area contributed by atoms with Crippen LogP contribution in [0.5, 0.6) is 0 Å². The van der Waals surface area contributed by atoms with Gasteiger partial charge in [-0.1, -0.05) is 30.7 Å². The third-order valence-corrected chi connectivity index (χ3v) is 6.53. The molecule has 2 heterocycles. The van der Waals surface area contributed by atoms with Crippen LogP contribution in [0.15, 0.2) is 36.5 Å². The summed E-state index contributed by atoms with van der Waals surface area (Å²) in [6.07, 6.45) is 3.27. The highest BCUT2D eigenvalue weighted by Crippen LogP contribution is 2.49. The quantitative estimate of drug-likeness (QED) is 0.748. The van der Waals surface area contributed by atoms with Crippen LogP contribution in [0.4, 0.5) is 9.18 Å². The zero-order valence-electron chi connectivity index (χ0n) is 15.9. The molecule has 1 aromatic carbocycles. The van der Waals surface area contributed by atoms with Gasteiger partial charge in [-0.2, -0.15) is 0 Å². The molecule has 2 aliphatic rings. The van der Waals surface area contributed by atoms with Crippen LogP contribution >= 0.6 is 11.6 Å². The molecule has 1 fully saturated rings. The summed E-state index contributed by atoms with van der Waals surface area (Å²) >= 11 is 6.23. The van der Waals surface area contributed by atoms with Gasteiger partial charge in [0.05, 0.1) is 11.6 Å². The van der Waals surface area contributed by atoms with Crippen molar-refractivity contribution >= 4 is 17.7 Å². The maximum absolute atomic E-state index is 16.7. The van der Waals surface area contributed by atoms with E-state index in [1.165, 1.54) is 4.90 Å². The summed E-state index contributed by atoms with van der Waals surface area (Å²) in [6, 6.07) is 9.26. The van der Waals surface area contributed by atoms with E-state index in [1.54, 1.807) is 6.20 Å². The van der Waals surface area contributed by atoms with Gasteiger partial charge in [0.2, 0.25) is 0 Å². The van der Waals surface area contributed by atoms with E-state index in [0.717, 1.165) is 35.2 Å². The molecule has 0 saturated carbocycles. The zero-order chi connectivity index (χ0) is 19.9. The number of likely N-dealkylation sites (tertiary alicyclic amines) is 1. The average Bonchev–Trinajstić information content (AvgIpc) is 2.84. The lowest BCUT2D eigenvalue weighted by atomic mass is 9.72. The van der Waals surface area contributed by atoms with Crippen LogP contribution in [-0.2, 0) is 12.8 Å². The summed E-state index contributed by atoms with van der Waals surface area (Å²) < 4.78 is 16.7. The molecule has 4 nitrogen and oxygen atoms in total. The van der Waals surface area contributed by atoms with Crippen molar-refractivity contribution in [2.45, 2.75) is 56.7 Å². The molecule has 1 N–H and O–H groups in total. The van der Waals surface area contributed by atoms with Crippen LogP contribution < -0.4 is 0 Å². The summed E-state index contributed by atoms with van der Waals surface area (Å²) in [5.41, 5.74) is 2.28. The van der Waals surface area contributed by atoms with Crippen molar-refractivity contribution in [3.63, 3.8) is 0 Å². The Kier molecular flexibility index (Phi) is 5.04. The molecule has 0 bridgehead atoms. The minimum absolute atomic E-state index is 0.165. The second-order valence-electron chi connectivity index (χ2n) is 7.85. The number of carboxylic acid groups (broad SMARTS) is 1. The van der Waals surface area contributed by atoms with E-state index in [2.05, 4.69) is 4.98 Å². The zero-order valence-corrected chi connectivity index (χ0v) is 16.6.